The van der Waals surface area contributed by atoms with E-state index in [4.69, 9.17) is 14.2 Å². The molecule has 1 atom stereocenters. The second-order valence-corrected chi connectivity index (χ2v) is 6.64. The van der Waals surface area contributed by atoms with Gasteiger partial charge in [0.2, 0.25) is 0 Å². The van der Waals surface area contributed by atoms with Crippen LogP contribution in [0.5, 0.6) is 0 Å². The molecule has 126 valence electrons. The highest BCUT2D eigenvalue weighted by molar-refractivity contribution is 5.95. The maximum Gasteiger partial charge on any atom is 0.257 e. The van der Waals surface area contributed by atoms with Gasteiger partial charge in [0.05, 0.1) is 37.2 Å². The van der Waals surface area contributed by atoms with Crippen LogP contribution >= 0.6 is 0 Å². The van der Waals surface area contributed by atoms with E-state index in [1.807, 2.05) is 4.90 Å². The summed E-state index contributed by atoms with van der Waals surface area (Å²) in [6.07, 6.45) is 4.39. The molecule has 0 saturated carbocycles. The van der Waals surface area contributed by atoms with Gasteiger partial charge in [0.15, 0.2) is 0 Å². The van der Waals surface area contributed by atoms with E-state index in [0.29, 0.717) is 44.4 Å². The van der Waals surface area contributed by atoms with Crippen LogP contribution in [0.2, 0.25) is 0 Å². The normalized spacial score (nSPS) is 29.3. The number of nitrogens with one attached hydrogen (secondary N) is 1. The fraction of sp³-hybridized carbons (Fsp3) is 0.750. The van der Waals surface area contributed by atoms with Gasteiger partial charge in [-0.1, -0.05) is 0 Å². The number of ether oxygens (including phenoxy) is 3. The lowest BCUT2D eigenvalue weighted by molar-refractivity contribution is -0.0995. The number of morpholine rings is 1. The van der Waals surface area contributed by atoms with Gasteiger partial charge in [0.1, 0.15) is 5.60 Å². The first-order chi connectivity index (χ1) is 11.3. The minimum atomic E-state index is -0.309. The number of carbonyl (C=O) groups excluding carboxylic acids is 1. The van der Waals surface area contributed by atoms with Crippen LogP contribution in [-0.4, -0.2) is 72.7 Å². The van der Waals surface area contributed by atoms with Crippen LogP contribution in [0.25, 0.3) is 0 Å². The fourth-order valence-corrected chi connectivity index (χ4v) is 3.78. The van der Waals surface area contributed by atoms with Crippen molar-refractivity contribution in [1.82, 2.24) is 15.1 Å². The number of carbonyl (C=O) groups is 1. The molecule has 1 aromatic rings. The molecule has 4 heterocycles. The highest BCUT2D eigenvalue weighted by Crippen LogP contribution is 2.31. The van der Waals surface area contributed by atoms with Gasteiger partial charge in [-0.3, -0.25) is 9.89 Å². The van der Waals surface area contributed by atoms with Crippen molar-refractivity contribution in [2.45, 2.75) is 30.8 Å². The van der Waals surface area contributed by atoms with E-state index in [0.717, 1.165) is 38.2 Å². The Morgan fingerprint density at radius 2 is 2.13 bits per heavy atom. The Morgan fingerprint density at radius 3 is 2.91 bits per heavy atom. The molecule has 3 saturated heterocycles. The standard InChI is InChI=1S/C16H23N3O4/c20-15(19-4-8-23-16(10-19)3-7-22-11-16)13-9-17-18-14(13)12-1-5-21-6-2-12/h9,12H,1-8,10-11H2,(H,17,18). The molecule has 0 radical (unpaired) electrons. The Balaban J connectivity index is 1.51. The number of hydrogen-bond acceptors (Lipinski definition) is 5. The molecule has 0 bridgehead atoms. The molecule has 3 fully saturated rings. The Kier molecular flexibility index (Phi) is 4.09. The molecule has 0 aliphatic carbocycles. The number of amides is 1. The molecule has 7 heteroatoms. The molecule has 23 heavy (non-hydrogen) atoms. The molecule has 1 N–H and O–H groups in total. The third kappa shape index (κ3) is 2.88. The van der Waals surface area contributed by atoms with Crippen LogP contribution < -0.4 is 0 Å². The van der Waals surface area contributed by atoms with Crippen LogP contribution in [-0.2, 0) is 14.2 Å². The molecule has 4 rings (SSSR count). The van der Waals surface area contributed by atoms with Gasteiger partial charge in [-0.05, 0) is 12.8 Å². The lowest BCUT2D eigenvalue weighted by atomic mass is 9.93. The molecule has 3 aliphatic heterocycles. The highest BCUT2D eigenvalue weighted by atomic mass is 16.6. The lowest BCUT2D eigenvalue weighted by Gasteiger charge is -2.39. The zero-order valence-electron chi connectivity index (χ0n) is 13.3. The van der Waals surface area contributed by atoms with Gasteiger partial charge in [-0.15, -0.1) is 0 Å². The zero-order chi connectivity index (χ0) is 15.7. The van der Waals surface area contributed by atoms with Crippen LogP contribution in [0.4, 0.5) is 0 Å². The summed E-state index contributed by atoms with van der Waals surface area (Å²) in [6, 6.07) is 0. The van der Waals surface area contributed by atoms with Gasteiger partial charge in [-0.2, -0.15) is 5.10 Å². The van der Waals surface area contributed by atoms with Crippen molar-refractivity contribution in [1.29, 1.82) is 0 Å². The van der Waals surface area contributed by atoms with Crippen molar-refractivity contribution < 1.29 is 19.0 Å². The summed E-state index contributed by atoms with van der Waals surface area (Å²) < 4.78 is 16.8. The van der Waals surface area contributed by atoms with Crippen molar-refractivity contribution in [3.8, 4) is 0 Å². The third-order valence-electron chi connectivity index (χ3n) is 5.13. The second kappa shape index (κ2) is 6.22. The van der Waals surface area contributed by atoms with E-state index in [2.05, 4.69) is 10.2 Å². The van der Waals surface area contributed by atoms with E-state index in [9.17, 15) is 4.79 Å². The maximum atomic E-state index is 13.0. The summed E-state index contributed by atoms with van der Waals surface area (Å²) in [5.74, 6) is 0.379. The number of hydrogen-bond donors (Lipinski definition) is 1. The lowest BCUT2D eigenvalue weighted by Crippen LogP contribution is -2.54. The SMILES string of the molecule is O=C(c1cn[nH]c1C1CCOCC1)N1CCOC2(CCOC2)C1. The van der Waals surface area contributed by atoms with Crippen LogP contribution in [0.15, 0.2) is 6.20 Å². The van der Waals surface area contributed by atoms with E-state index in [1.165, 1.54) is 0 Å². The number of rotatable bonds is 2. The van der Waals surface area contributed by atoms with Gasteiger partial charge in [0.25, 0.3) is 5.91 Å². The molecule has 1 aromatic heterocycles. The van der Waals surface area contributed by atoms with Gasteiger partial charge in [0, 0.05) is 38.7 Å². The average Bonchev–Trinajstić information content (AvgIpc) is 3.25. The summed E-state index contributed by atoms with van der Waals surface area (Å²) >= 11 is 0. The molecular formula is C16H23N3O4. The topological polar surface area (TPSA) is 76.7 Å². The van der Waals surface area contributed by atoms with E-state index in [1.54, 1.807) is 6.20 Å². The second-order valence-electron chi connectivity index (χ2n) is 6.64. The van der Waals surface area contributed by atoms with E-state index >= 15 is 0 Å². The molecule has 1 unspecified atom stereocenters. The summed E-state index contributed by atoms with van der Waals surface area (Å²) in [5.41, 5.74) is 1.35. The first kappa shape index (κ1) is 15.1. The van der Waals surface area contributed by atoms with E-state index < -0.39 is 0 Å². The first-order valence-corrected chi connectivity index (χ1v) is 8.39. The number of aromatic amines is 1. The third-order valence-corrected chi connectivity index (χ3v) is 5.13. The van der Waals surface area contributed by atoms with Gasteiger partial charge in [-0.25, -0.2) is 0 Å². The molecule has 1 amide bonds. The summed E-state index contributed by atoms with van der Waals surface area (Å²) in [5, 5.41) is 7.18. The van der Waals surface area contributed by atoms with Crippen molar-refractivity contribution >= 4 is 5.91 Å². The van der Waals surface area contributed by atoms with Crippen molar-refractivity contribution in [3.05, 3.63) is 17.5 Å². The Bertz CT molecular complexity index is 561. The smallest absolute Gasteiger partial charge is 0.257 e. The first-order valence-electron chi connectivity index (χ1n) is 8.39. The summed E-state index contributed by atoms with van der Waals surface area (Å²) in [6.45, 7) is 4.57. The maximum absolute atomic E-state index is 13.0. The largest absolute Gasteiger partial charge is 0.381 e. The van der Waals surface area contributed by atoms with Crippen molar-refractivity contribution in [3.63, 3.8) is 0 Å². The van der Waals surface area contributed by atoms with Crippen LogP contribution in [0.3, 0.4) is 0 Å². The van der Waals surface area contributed by atoms with Crippen LogP contribution in [0.1, 0.15) is 41.2 Å². The summed E-state index contributed by atoms with van der Waals surface area (Å²) in [7, 11) is 0. The predicted molar refractivity (Wildman–Crippen MR) is 81.4 cm³/mol. The Labute approximate surface area is 135 Å². The Morgan fingerprint density at radius 1 is 1.26 bits per heavy atom. The predicted octanol–water partition coefficient (Wildman–Crippen LogP) is 0.935. The zero-order valence-corrected chi connectivity index (χ0v) is 13.3. The summed E-state index contributed by atoms with van der Waals surface area (Å²) in [4.78, 5) is 14.9. The monoisotopic (exact) mass is 321 g/mol. The average molecular weight is 321 g/mol. The Hall–Kier alpha value is -1.44. The number of nitrogens with zero attached hydrogens (tertiary/aromatic N) is 2. The fourth-order valence-electron chi connectivity index (χ4n) is 3.78. The van der Waals surface area contributed by atoms with E-state index in [-0.39, 0.29) is 11.5 Å². The van der Waals surface area contributed by atoms with Crippen molar-refractivity contribution in [2.24, 2.45) is 0 Å². The molecule has 1 spiro atoms. The van der Waals surface area contributed by atoms with Crippen LogP contribution in [0, 0.1) is 0 Å². The van der Waals surface area contributed by atoms with Gasteiger partial charge >= 0.3 is 0 Å². The number of aromatic nitrogens is 2. The quantitative estimate of drug-likeness (QED) is 0.877. The molecular weight excluding hydrogens is 298 g/mol. The molecule has 7 nitrogen and oxygen atoms in total. The minimum absolute atomic E-state index is 0.0508. The molecule has 3 aliphatic rings. The molecule has 0 aromatic carbocycles. The number of H-pyrrole nitrogens is 1. The van der Waals surface area contributed by atoms with Crippen molar-refractivity contribution in [2.75, 3.05) is 46.1 Å². The minimum Gasteiger partial charge on any atom is -0.381 e. The highest BCUT2D eigenvalue weighted by Gasteiger charge is 2.42. The van der Waals surface area contributed by atoms with Gasteiger partial charge < -0.3 is 19.1 Å².